The molecule has 0 saturated carbocycles. The minimum absolute atomic E-state index is 0.00123. The van der Waals surface area contributed by atoms with Crippen LogP contribution in [0.2, 0.25) is 0 Å². The van der Waals surface area contributed by atoms with Crippen molar-refractivity contribution in [3.63, 3.8) is 0 Å². The number of unbranched alkanes of at least 4 members (excludes halogenated alkanes) is 18. The molecule has 2 aromatic rings. The maximum atomic E-state index is 13.4. The first-order valence-corrected chi connectivity index (χ1v) is 30.5. The van der Waals surface area contributed by atoms with E-state index in [9.17, 15) is 23.7 Å². The first-order valence-electron chi connectivity index (χ1n) is 28.8. The van der Waals surface area contributed by atoms with Crippen LogP contribution in [0, 0.1) is 10.1 Å². The molecular formula is C57H98FN2O16P. The lowest BCUT2D eigenvalue weighted by atomic mass is 10.1. The Hall–Kier alpha value is -3.65. The molecule has 1 atom stereocenters. The lowest BCUT2D eigenvalue weighted by Crippen LogP contribution is -2.28. The third-order valence-corrected chi connectivity index (χ3v) is 13.4. The Morgan fingerprint density at radius 1 is 0.506 bits per heavy atom. The minimum Gasteiger partial charge on any atom is -0.493 e. The zero-order chi connectivity index (χ0) is 55.5. The Morgan fingerprint density at radius 2 is 0.922 bits per heavy atom. The van der Waals surface area contributed by atoms with E-state index in [1.165, 1.54) is 121 Å². The molecule has 2 aromatic carbocycles. The van der Waals surface area contributed by atoms with Crippen molar-refractivity contribution in [2.45, 2.75) is 162 Å². The number of nitrogens with one attached hydrogen (secondary N) is 1. The number of amides is 1. The van der Waals surface area contributed by atoms with Gasteiger partial charge in [0, 0.05) is 18.7 Å². The molecular weight excluding hydrogens is 1020 g/mol. The standard InChI is InChI=1S/C57H98FN2O16P/c1-4-7-9-11-13-15-17-19-21-23-28-72-54-45-51(46-55(48-54)73-29-24-22-20-18-16-14-12-10-8-5-2)49-74-53-25-26-56(60(62)63)52(47-53)50-75-57(61)59-27-30-65-31-32-66-33-34-67-35-36-68-37-38-69-39-40-70-41-42-71-43-44-77(58,64)76-6-3/h25-26,45-48H,4-24,27-44,49-50H2,1-3H3,(H,59,61). The van der Waals surface area contributed by atoms with Gasteiger partial charge in [0.15, 0.2) is 0 Å². The van der Waals surface area contributed by atoms with E-state index < -0.39 is 18.7 Å². The van der Waals surface area contributed by atoms with Gasteiger partial charge >= 0.3 is 13.8 Å². The second kappa shape index (κ2) is 49.4. The van der Waals surface area contributed by atoms with Gasteiger partial charge in [0.25, 0.3) is 5.69 Å². The van der Waals surface area contributed by atoms with Crippen LogP contribution in [0.5, 0.6) is 17.2 Å². The van der Waals surface area contributed by atoms with Crippen molar-refractivity contribution in [1.82, 2.24) is 5.32 Å². The number of nitro benzene ring substituents is 1. The number of nitrogens with zero attached hydrogens (tertiary/aromatic N) is 1. The highest BCUT2D eigenvalue weighted by atomic mass is 31.2. The zero-order valence-corrected chi connectivity index (χ0v) is 48.2. The number of ether oxygens (including phenoxy) is 11. The summed E-state index contributed by atoms with van der Waals surface area (Å²) in [6, 6.07) is 10.3. The third-order valence-electron chi connectivity index (χ3n) is 12.1. The number of hydrogen-bond acceptors (Lipinski definition) is 16. The molecule has 1 unspecified atom stereocenters. The van der Waals surface area contributed by atoms with Crippen molar-refractivity contribution in [2.75, 3.05) is 125 Å². The SMILES string of the molecule is CCCCCCCCCCCCOc1cc(COc2ccc([N+](=O)[O-])c(COC(=O)NCCOCCOCCOCCOCCOCCOCCOCCP(=O)(F)OCC)c2)cc(OCCCCCCCCCCCC)c1. The van der Waals surface area contributed by atoms with Crippen molar-refractivity contribution in [2.24, 2.45) is 0 Å². The number of carbonyl (C=O) groups is 1. The molecule has 444 valence electrons. The molecule has 20 heteroatoms. The van der Waals surface area contributed by atoms with Gasteiger partial charge in [0.2, 0.25) is 0 Å². The first kappa shape index (κ1) is 69.5. The first-order chi connectivity index (χ1) is 37.7. The second-order valence-electron chi connectivity index (χ2n) is 18.7. The monoisotopic (exact) mass is 1120 g/mol. The summed E-state index contributed by atoms with van der Waals surface area (Å²) in [5.41, 5.74) is 0.846. The Morgan fingerprint density at radius 3 is 1.35 bits per heavy atom. The van der Waals surface area contributed by atoms with Crippen LogP contribution < -0.4 is 19.5 Å². The van der Waals surface area contributed by atoms with Gasteiger partial charge in [-0.25, -0.2) is 4.79 Å². The van der Waals surface area contributed by atoms with Gasteiger partial charge in [0.1, 0.15) is 30.5 Å². The molecule has 2 rings (SSSR count). The van der Waals surface area contributed by atoms with Crippen molar-refractivity contribution in [1.29, 1.82) is 0 Å². The summed E-state index contributed by atoms with van der Waals surface area (Å²) in [6.45, 7) is 12.0. The van der Waals surface area contributed by atoms with Gasteiger partial charge in [-0.1, -0.05) is 129 Å². The van der Waals surface area contributed by atoms with E-state index in [2.05, 4.69) is 23.7 Å². The fraction of sp³-hybridized carbons (Fsp3) is 0.772. The van der Waals surface area contributed by atoms with Gasteiger partial charge in [-0.05, 0) is 49.6 Å². The van der Waals surface area contributed by atoms with E-state index in [0.29, 0.717) is 91.6 Å². The number of alkyl carbamates (subject to hydrolysis) is 1. The average molecular weight is 1120 g/mol. The molecule has 77 heavy (non-hydrogen) atoms. The topological polar surface area (TPSA) is 200 Å². The molecule has 0 spiro atoms. The van der Waals surface area contributed by atoms with Gasteiger partial charge in [-0.2, -0.15) is 4.20 Å². The number of hydrogen-bond donors (Lipinski definition) is 1. The fourth-order valence-corrected chi connectivity index (χ4v) is 8.69. The number of nitro groups is 1. The van der Waals surface area contributed by atoms with E-state index in [1.54, 1.807) is 6.92 Å². The molecule has 0 heterocycles. The summed E-state index contributed by atoms with van der Waals surface area (Å²) in [6.07, 6.45) is 24.0. The van der Waals surface area contributed by atoms with Crippen molar-refractivity contribution >= 4 is 19.5 Å². The van der Waals surface area contributed by atoms with Crippen molar-refractivity contribution < 1.29 is 75.1 Å². The Bertz CT molecular complexity index is 1740. The predicted octanol–water partition coefficient (Wildman–Crippen LogP) is 13.3. The van der Waals surface area contributed by atoms with E-state index in [-0.39, 0.29) is 63.6 Å². The van der Waals surface area contributed by atoms with Crippen LogP contribution >= 0.6 is 7.68 Å². The molecule has 0 aliphatic carbocycles. The molecule has 18 nitrogen and oxygen atoms in total. The van der Waals surface area contributed by atoms with Gasteiger partial charge < -0.3 is 61.9 Å². The normalized spacial score (nSPS) is 12.2. The van der Waals surface area contributed by atoms with Crippen molar-refractivity contribution in [3.8, 4) is 17.2 Å². The molecule has 0 bridgehead atoms. The van der Waals surface area contributed by atoms with Gasteiger partial charge in [-0.3, -0.25) is 14.7 Å². The highest BCUT2D eigenvalue weighted by Gasteiger charge is 2.21. The Kier molecular flexibility index (Phi) is 44.6. The zero-order valence-electron chi connectivity index (χ0n) is 47.3. The van der Waals surface area contributed by atoms with Crippen molar-refractivity contribution in [3.05, 3.63) is 57.6 Å². The molecule has 0 aliphatic rings. The van der Waals surface area contributed by atoms with E-state index in [0.717, 1.165) is 42.7 Å². The van der Waals surface area contributed by atoms with Gasteiger partial charge in [0.05, 0.1) is 129 Å². The largest absolute Gasteiger partial charge is 0.493 e. The van der Waals surface area contributed by atoms with Crippen LogP contribution in [-0.2, 0) is 60.2 Å². The summed E-state index contributed by atoms with van der Waals surface area (Å²) in [4.78, 5) is 23.9. The summed E-state index contributed by atoms with van der Waals surface area (Å²) < 4.78 is 91.3. The third kappa shape index (κ3) is 41.1. The molecule has 1 N–H and O–H groups in total. The van der Waals surface area contributed by atoms with Crippen LogP contribution in [0.1, 0.15) is 160 Å². The summed E-state index contributed by atoms with van der Waals surface area (Å²) >= 11 is 0. The summed E-state index contributed by atoms with van der Waals surface area (Å²) in [5.74, 6) is 1.83. The number of carbonyl (C=O) groups excluding carboxylic acids is 1. The van der Waals surface area contributed by atoms with E-state index >= 15 is 0 Å². The quantitative estimate of drug-likeness (QED) is 0.0283. The maximum Gasteiger partial charge on any atom is 0.407 e. The molecule has 0 saturated heterocycles. The molecule has 0 radical (unpaired) electrons. The van der Waals surface area contributed by atoms with Gasteiger partial charge in [-0.15, -0.1) is 0 Å². The van der Waals surface area contributed by atoms with E-state index in [1.807, 2.05) is 18.2 Å². The van der Waals surface area contributed by atoms with E-state index in [4.69, 9.17) is 52.1 Å². The summed E-state index contributed by atoms with van der Waals surface area (Å²) in [5, 5.41) is 14.5. The Labute approximate surface area is 460 Å². The lowest BCUT2D eigenvalue weighted by Gasteiger charge is -2.14. The van der Waals surface area contributed by atoms with Crippen LogP contribution in [0.25, 0.3) is 0 Å². The highest BCUT2D eigenvalue weighted by Crippen LogP contribution is 2.48. The van der Waals surface area contributed by atoms with Crippen LogP contribution in [0.15, 0.2) is 36.4 Å². The molecule has 0 aromatic heterocycles. The smallest absolute Gasteiger partial charge is 0.407 e. The predicted molar refractivity (Wildman–Crippen MR) is 298 cm³/mol. The average Bonchev–Trinajstić information content (AvgIpc) is 3.41. The fourth-order valence-electron chi connectivity index (χ4n) is 7.82. The highest BCUT2D eigenvalue weighted by molar-refractivity contribution is 7.53. The maximum absolute atomic E-state index is 13.4. The lowest BCUT2D eigenvalue weighted by molar-refractivity contribution is -0.385. The number of benzene rings is 2. The second-order valence-corrected chi connectivity index (χ2v) is 20.6. The van der Waals surface area contributed by atoms with Crippen LogP contribution in [0.3, 0.4) is 0 Å². The number of halogens is 1. The molecule has 0 fully saturated rings. The molecule has 1 amide bonds. The number of rotatable bonds is 56. The Balaban J connectivity index is 1.64. The summed E-state index contributed by atoms with van der Waals surface area (Å²) in [7, 11) is -4.06. The van der Waals surface area contributed by atoms with Crippen LogP contribution in [0.4, 0.5) is 14.7 Å². The minimum atomic E-state index is -4.06. The van der Waals surface area contributed by atoms with Crippen LogP contribution in [-0.4, -0.2) is 136 Å². The molecule has 0 aliphatic heterocycles.